The lowest BCUT2D eigenvalue weighted by Gasteiger charge is -2.22. The first-order chi connectivity index (χ1) is 10.3. The van der Waals surface area contributed by atoms with Gasteiger partial charge in [0.2, 0.25) is 0 Å². The van der Waals surface area contributed by atoms with Crippen LogP contribution in [0.15, 0.2) is 4.99 Å². The van der Waals surface area contributed by atoms with Gasteiger partial charge in [0.05, 0.1) is 6.54 Å². The number of halogens is 4. The Labute approximate surface area is 154 Å². The number of unbranched alkanes of at least 4 members (excludes halogenated alkanes) is 2. The first-order valence-corrected chi connectivity index (χ1v) is 8.13. The van der Waals surface area contributed by atoms with Crippen molar-refractivity contribution in [3.63, 3.8) is 0 Å². The van der Waals surface area contributed by atoms with Crippen molar-refractivity contribution in [2.45, 2.75) is 64.2 Å². The molecule has 23 heavy (non-hydrogen) atoms. The molecular weight excluding hydrogens is 420 g/mol. The molecule has 138 valence electrons. The number of aliphatic imine (C=N–C) groups is 1. The first-order valence-electron chi connectivity index (χ1n) is 8.13. The van der Waals surface area contributed by atoms with Crippen molar-refractivity contribution in [3.05, 3.63) is 0 Å². The fourth-order valence-electron chi connectivity index (χ4n) is 2.72. The van der Waals surface area contributed by atoms with Crippen LogP contribution in [0.25, 0.3) is 0 Å². The molecule has 0 aliphatic carbocycles. The fraction of sp³-hybridized carbons (Fsp3) is 0.933. The van der Waals surface area contributed by atoms with Crippen molar-refractivity contribution in [2.24, 2.45) is 4.99 Å². The van der Waals surface area contributed by atoms with E-state index in [9.17, 15) is 13.2 Å². The molecule has 0 radical (unpaired) electrons. The lowest BCUT2D eigenvalue weighted by atomic mass is 10.1. The Hall–Kier alpha value is -0.250. The third-order valence-electron chi connectivity index (χ3n) is 3.86. The van der Waals surface area contributed by atoms with Crippen molar-refractivity contribution in [1.29, 1.82) is 0 Å². The summed E-state index contributed by atoms with van der Waals surface area (Å²) in [7, 11) is 1.69. The molecule has 0 spiro atoms. The predicted octanol–water partition coefficient (Wildman–Crippen LogP) is 3.37. The quantitative estimate of drug-likeness (QED) is 0.271. The van der Waals surface area contributed by atoms with E-state index in [-0.39, 0.29) is 30.0 Å². The maximum absolute atomic E-state index is 12.4. The summed E-state index contributed by atoms with van der Waals surface area (Å²) in [6, 6.07) is 0.335. The highest BCUT2D eigenvalue weighted by molar-refractivity contribution is 14.0. The molecule has 8 heteroatoms. The molecule has 1 saturated heterocycles. The van der Waals surface area contributed by atoms with Crippen LogP contribution in [0.1, 0.15) is 46.0 Å². The normalized spacial score (nSPS) is 21.0. The van der Waals surface area contributed by atoms with Gasteiger partial charge in [0.25, 0.3) is 0 Å². The molecule has 1 aliphatic heterocycles. The third-order valence-corrected chi connectivity index (χ3v) is 3.86. The second-order valence-corrected chi connectivity index (χ2v) is 6.09. The minimum absolute atomic E-state index is 0. The minimum Gasteiger partial charge on any atom is -0.354 e. The van der Waals surface area contributed by atoms with E-state index in [1.54, 1.807) is 7.05 Å². The van der Waals surface area contributed by atoms with Gasteiger partial charge in [0, 0.05) is 32.2 Å². The Morgan fingerprint density at radius 3 is 2.61 bits per heavy atom. The summed E-state index contributed by atoms with van der Waals surface area (Å²) in [4.78, 5) is 5.61. The SMILES string of the molecule is CCCCCC(C)NC(=NC)NC1CCN(CC(F)(F)F)C1.I. The smallest absolute Gasteiger partial charge is 0.354 e. The monoisotopic (exact) mass is 450 g/mol. The average Bonchev–Trinajstić information content (AvgIpc) is 2.83. The second-order valence-electron chi connectivity index (χ2n) is 6.09. The van der Waals surface area contributed by atoms with Crippen LogP contribution in [-0.4, -0.2) is 55.8 Å². The summed E-state index contributed by atoms with van der Waals surface area (Å²) in [6.07, 6.45) is 1.23. The zero-order chi connectivity index (χ0) is 16.6. The number of nitrogens with zero attached hydrogens (tertiary/aromatic N) is 2. The number of guanidine groups is 1. The first kappa shape index (κ1) is 22.8. The molecule has 2 atom stereocenters. The Kier molecular flexibility index (Phi) is 11.2. The van der Waals surface area contributed by atoms with Crippen molar-refractivity contribution in [3.8, 4) is 0 Å². The van der Waals surface area contributed by atoms with E-state index in [1.807, 2.05) is 0 Å². The lowest BCUT2D eigenvalue weighted by molar-refractivity contribution is -0.143. The van der Waals surface area contributed by atoms with Gasteiger partial charge in [0.15, 0.2) is 5.96 Å². The molecule has 1 fully saturated rings. The molecule has 0 saturated carbocycles. The van der Waals surface area contributed by atoms with Gasteiger partial charge < -0.3 is 10.6 Å². The summed E-state index contributed by atoms with van der Waals surface area (Å²) in [5.74, 6) is 0.683. The molecule has 0 aromatic carbocycles. The molecule has 0 aromatic rings. The van der Waals surface area contributed by atoms with Crippen LogP contribution >= 0.6 is 24.0 Å². The predicted molar refractivity (Wildman–Crippen MR) is 99.5 cm³/mol. The number of hydrogen-bond acceptors (Lipinski definition) is 2. The van der Waals surface area contributed by atoms with Gasteiger partial charge in [-0.3, -0.25) is 9.89 Å². The van der Waals surface area contributed by atoms with Crippen molar-refractivity contribution in [2.75, 3.05) is 26.7 Å². The van der Waals surface area contributed by atoms with Gasteiger partial charge in [-0.25, -0.2) is 0 Å². The number of alkyl halides is 3. The van der Waals surface area contributed by atoms with Crippen LogP contribution in [-0.2, 0) is 0 Å². The molecular formula is C15H30F3IN4. The van der Waals surface area contributed by atoms with E-state index in [4.69, 9.17) is 0 Å². The van der Waals surface area contributed by atoms with E-state index < -0.39 is 12.7 Å². The Balaban J connectivity index is 0.00000484. The van der Waals surface area contributed by atoms with Crippen LogP contribution in [0.3, 0.4) is 0 Å². The molecule has 0 bridgehead atoms. The molecule has 1 heterocycles. The van der Waals surface area contributed by atoms with Crippen molar-refractivity contribution >= 4 is 29.9 Å². The third kappa shape index (κ3) is 10.3. The summed E-state index contributed by atoms with van der Waals surface area (Å²) in [5, 5.41) is 6.55. The van der Waals surface area contributed by atoms with Crippen LogP contribution in [0.2, 0.25) is 0 Å². The van der Waals surface area contributed by atoms with Crippen molar-refractivity contribution < 1.29 is 13.2 Å². The number of rotatable bonds is 7. The average molecular weight is 450 g/mol. The Morgan fingerprint density at radius 1 is 1.35 bits per heavy atom. The van der Waals surface area contributed by atoms with Gasteiger partial charge >= 0.3 is 6.18 Å². The second kappa shape index (κ2) is 11.3. The summed E-state index contributed by atoms with van der Waals surface area (Å²) in [5.41, 5.74) is 0. The zero-order valence-electron chi connectivity index (χ0n) is 14.2. The summed E-state index contributed by atoms with van der Waals surface area (Å²) >= 11 is 0. The maximum Gasteiger partial charge on any atom is 0.401 e. The molecule has 1 aliphatic rings. The van der Waals surface area contributed by atoms with E-state index >= 15 is 0 Å². The van der Waals surface area contributed by atoms with Crippen LogP contribution in [0.4, 0.5) is 13.2 Å². The van der Waals surface area contributed by atoms with E-state index in [2.05, 4.69) is 29.5 Å². The zero-order valence-corrected chi connectivity index (χ0v) is 16.6. The number of nitrogens with one attached hydrogen (secondary N) is 2. The number of hydrogen-bond donors (Lipinski definition) is 2. The van der Waals surface area contributed by atoms with Crippen molar-refractivity contribution in [1.82, 2.24) is 15.5 Å². The van der Waals surface area contributed by atoms with Crippen LogP contribution < -0.4 is 10.6 Å². The molecule has 4 nitrogen and oxygen atoms in total. The largest absolute Gasteiger partial charge is 0.401 e. The molecule has 2 N–H and O–H groups in total. The highest BCUT2D eigenvalue weighted by Crippen LogP contribution is 2.19. The van der Waals surface area contributed by atoms with Gasteiger partial charge in [-0.05, 0) is 19.8 Å². The standard InChI is InChI=1S/C15H29F3N4.HI/c1-4-5-6-7-12(2)20-14(19-3)21-13-8-9-22(10-13)11-15(16,17)18;/h12-13H,4-11H2,1-3H3,(H2,19,20,21);1H. The van der Waals surface area contributed by atoms with Crippen LogP contribution in [0, 0.1) is 0 Å². The fourth-order valence-corrected chi connectivity index (χ4v) is 2.72. The molecule has 0 aromatic heterocycles. The minimum atomic E-state index is -4.12. The highest BCUT2D eigenvalue weighted by Gasteiger charge is 2.34. The topological polar surface area (TPSA) is 39.7 Å². The Bertz CT molecular complexity index is 350. The van der Waals surface area contributed by atoms with Gasteiger partial charge in [-0.1, -0.05) is 26.2 Å². The van der Waals surface area contributed by atoms with Gasteiger partial charge in [-0.2, -0.15) is 13.2 Å². The van der Waals surface area contributed by atoms with Gasteiger partial charge in [-0.15, -0.1) is 24.0 Å². The van der Waals surface area contributed by atoms with Crippen LogP contribution in [0.5, 0.6) is 0 Å². The van der Waals surface area contributed by atoms with E-state index in [0.717, 1.165) is 6.42 Å². The van der Waals surface area contributed by atoms with E-state index in [1.165, 1.54) is 24.2 Å². The summed E-state index contributed by atoms with van der Waals surface area (Å²) in [6.45, 7) is 4.33. The molecule has 0 amide bonds. The Morgan fingerprint density at radius 2 is 2.04 bits per heavy atom. The highest BCUT2D eigenvalue weighted by atomic mass is 127. The van der Waals surface area contributed by atoms with E-state index in [0.29, 0.717) is 31.5 Å². The van der Waals surface area contributed by atoms with Gasteiger partial charge in [0.1, 0.15) is 0 Å². The number of likely N-dealkylation sites (tertiary alicyclic amines) is 1. The molecule has 2 unspecified atom stereocenters. The molecule has 1 rings (SSSR count). The maximum atomic E-state index is 12.4. The lowest BCUT2D eigenvalue weighted by Crippen LogP contribution is -2.47. The summed E-state index contributed by atoms with van der Waals surface area (Å²) < 4.78 is 37.2.